The van der Waals surface area contributed by atoms with E-state index in [4.69, 9.17) is 0 Å². The van der Waals surface area contributed by atoms with Gasteiger partial charge in [0.15, 0.2) is 0 Å². The molecule has 10 aromatic carbocycles. The van der Waals surface area contributed by atoms with Crippen LogP contribution in [0.2, 0.25) is 0 Å². The van der Waals surface area contributed by atoms with E-state index in [9.17, 15) is 0 Å². The van der Waals surface area contributed by atoms with Crippen molar-refractivity contribution in [2.45, 2.75) is 0 Å². The molecule has 0 amide bonds. The fourth-order valence-corrected chi connectivity index (χ4v) is 8.02. The summed E-state index contributed by atoms with van der Waals surface area (Å²) in [6.45, 7) is 0. The van der Waals surface area contributed by atoms with Crippen molar-refractivity contribution >= 4 is 43.1 Å². The van der Waals surface area contributed by atoms with E-state index in [-0.39, 0.29) is 0 Å². The zero-order valence-corrected chi connectivity index (χ0v) is 28.6. The van der Waals surface area contributed by atoms with Crippen molar-refractivity contribution in [3.63, 3.8) is 0 Å². The van der Waals surface area contributed by atoms with Gasteiger partial charge in [0.2, 0.25) is 0 Å². The largest absolute Gasteiger partial charge is 0.0622 e. The third kappa shape index (κ3) is 5.25. The van der Waals surface area contributed by atoms with Gasteiger partial charge in [0.05, 0.1) is 0 Å². The van der Waals surface area contributed by atoms with Gasteiger partial charge in [-0.2, -0.15) is 0 Å². The molecule has 0 heterocycles. The number of rotatable bonds is 5. The highest BCUT2D eigenvalue weighted by molar-refractivity contribution is 6.12. The summed E-state index contributed by atoms with van der Waals surface area (Å²) in [5.74, 6) is 0. The summed E-state index contributed by atoms with van der Waals surface area (Å²) < 4.78 is 0. The molecule has 0 unspecified atom stereocenters. The summed E-state index contributed by atoms with van der Waals surface area (Å²) in [5.41, 5.74) is 12.4. The molecular formula is C52H34. The van der Waals surface area contributed by atoms with Gasteiger partial charge in [0.25, 0.3) is 0 Å². The molecule has 0 aliphatic carbocycles. The van der Waals surface area contributed by atoms with Crippen LogP contribution in [0.15, 0.2) is 206 Å². The van der Waals surface area contributed by atoms with Crippen molar-refractivity contribution in [2.75, 3.05) is 0 Å². The lowest BCUT2D eigenvalue weighted by molar-refractivity contribution is 1.63. The Hall–Kier alpha value is -6.76. The second-order valence-electron chi connectivity index (χ2n) is 13.7. The van der Waals surface area contributed by atoms with Gasteiger partial charge in [-0.3, -0.25) is 0 Å². The maximum absolute atomic E-state index is 2.34. The van der Waals surface area contributed by atoms with Crippen molar-refractivity contribution in [3.05, 3.63) is 206 Å². The minimum absolute atomic E-state index is 1.23. The molecule has 0 N–H and O–H groups in total. The summed E-state index contributed by atoms with van der Waals surface area (Å²) in [6.07, 6.45) is 0. The summed E-state index contributed by atoms with van der Waals surface area (Å²) in [5, 5.41) is 10.0. The molecule has 0 radical (unpaired) electrons. The molecule has 0 bridgehead atoms. The average Bonchev–Trinajstić information content (AvgIpc) is 3.23. The van der Waals surface area contributed by atoms with Gasteiger partial charge in [-0.1, -0.05) is 182 Å². The van der Waals surface area contributed by atoms with E-state index in [0.717, 1.165) is 0 Å². The Morgan fingerprint density at radius 3 is 0.846 bits per heavy atom. The molecule has 0 aliphatic rings. The number of benzene rings is 10. The van der Waals surface area contributed by atoms with Gasteiger partial charge >= 0.3 is 0 Å². The van der Waals surface area contributed by atoms with E-state index in [1.807, 2.05) is 0 Å². The first-order valence-corrected chi connectivity index (χ1v) is 18.0. The van der Waals surface area contributed by atoms with Crippen LogP contribution in [0.1, 0.15) is 0 Å². The molecule has 0 saturated carbocycles. The molecule has 0 nitrogen and oxygen atoms in total. The molecule has 242 valence electrons. The zero-order valence-electron chi connectivity index (χ0n) is 28.6. The molecule has 0 atom stereocenters. The number of fused-ring (bicyclic) bond motifs is 4. The van der Waals surface area contributed by atoms with Gasteiger partial charge in [-0.25, -0.2) is 0 Å². The van der Waals surface area contributed by atoms with Gasteiger partial charge < -0.3 is 0 Å². The van der Waals surface area contributed by atoms with E-state index in [1.165, 1.54) is 98.7 Å². The SMILES string of the molecule is c1ccc(-c2ccc3cc(-c4ccc(-c5ccc(-c6ccc7cc(-c8ccccc8)ccc7c6)c6ccccc56)c5ccccc45)ccc3c2)cc1. The van der Waals surface area contributed by atoms with Gasteiger partial charge in [-0.05, 0) is 123 Å². The minimum Gasteiger partial charge on any atom is -0.0622 e. The number of hydrogen-bond donors (Lipinski definition) is 0. The topological polar surface area (TPSA) is 0 Å². The third-order valence-corrected chi connectivity index (χ3v) is 10.7. The normalized spacial score (nSPS) is 11.5. The van der Waals surface area contributed by atoms with Crippen LogP contribution < -0.4 is 0 Å². The first kappa shape index (κ1) is 30.1. The number of hydrogen-bond acceptors (Lipinski definition) is 0. The smallest absolute Gasteiger partial charge is 0.00987 e. The second kappa shape index (κ2) is 12.5. The molecule has 0 spiro atoms. The van der Waals surface area contributed by atoms with E-state index < -0.39 is 0 Å². The van der Waals surface area contributed by atoms with Crippen LogP contribution in [0.5, 0.6) is 0 Å². The fraction of sp³-hybridized carbons (Fsp3) is 0. The van der Waals surface area contributed by atoms with Crippen molar-refractivity contribution in [1.82, 2.24) is 0 Å². The molecule has 0 aromatic heterocycles. The Kier molecular flexibility index (Phi) is 7.25. The zero-order chi connectivity index (χ0) is 34.4. The van der Waals surface area contributed by atoms with Crippen molar-refractivity contribution < 1.29 is 0 Å². The van der Waals surface area contributed by atoms with Gasteiger partial charge in [-0.15, -0.1) is 0 Å². The third-order valence-electron chi connectivity index (χ3n) is 10.7. The predicted octanol–water partition coefficient (Wildman–Crippen LogP) is 14.6. The molecule has 52 heavy (non-hydrogen) atoms. The highest BCUT2D eigenvalue weighted by atomic mass is 14.2. The molecule has 0 fully saturated rings. The second-order valence-corrected chi connectivity index (χ2v) is 13.7. The molecule has 0 aliphatic heterocycles. The summed E-state index contributed by atoms with van der Waals surface area (Å²) in [4.78, 5) is 0. The Bertz CT molecular complexity index is 2730. The van der Waals surface area contributed by atoms with E-state index >= 15 is 0 Å². The lowest BCUT2D eigenvalue weighted by atomic mass is 9.87. The van der Waals surface area contributed by atoms with Gasteiger partial charge in [0, 0.05) is 0 Å². The first-order chi connectivity index (χ1) is 25.8. The molecule has 0 saturated heterocycles. The van der Waals surface area contributed by atoms with Crippen LogP contribution in [-0.4, -0.2) is 0 Å². The lowest BCUT2D eigenvalue weighted by Crippen LogP contribution is -1.90. The van der Waals surface area contributed by atoms with Crippen LogP contribution in [0.25, 0.3) is 98.7 Å². The fourth-order valence-electron chi connectivity index (χ4n) is 8.02. The van der Waals surface area contributed by atoms with Crippen LogP contribution in [0.4, 0.5) is 0 Å². The van der Waals surface area contributed by atoms with Crippen LogP contribution >= 0.6 is 0 Å². The quantitative estimate of drug-likeness (QED) is 0.173. The Morgan fingerprint density at radius 2 is 0.462 bits per heavy atom. The van der Waals surface area contributed by atoms with E-state index in [2.05, 4.69) is 206 Å². The summed E-state index contributed by atoms with van der Waals surface area (Å²) >= 11 is 0. The maximum atomic E-state index is 2.34. The Balaban J connectivity index is 1.05. The molecule has 10 aromatic rings. The van der Waals surface area contributed by atoms with E-state index in [1.54, 1.807) is 0 Å². The van der Waals surface area contributed by atoms with Gasteiger partial charge in [0.1, 0.15) is 0 Å². The monoisotopic (exact) mass is 658 g/mol. The first-order valence-electron chi connectivity index (χ1n) is 18.0. The molecular weight excluding hydrogens is 625 g/mol. The van der Waals surface area contributed by atoms with Crippen molar-refractivity contribution in [2.24, 2.45) is 0 Å². The minimum atomic E-state index is 1.23. The summed E-state index contributed by atoms with van der Waals surface area (Å²) in [6, 6.07) is 75.5. The standard InChI is InChI=1S/C52H34/c1-3-11-35(12-4-1)37-19-21-41-33-43(25-23-39(41)31-37)45-27-29-51(49-17-9-7-15-47(45)49)52-30-28-46(48-16-8-10-18-50(48)52)44-26-24-40-32-38(20-22-42(40)34-44)36-13-5-2-6-14-36/h1-34H. The van der Waals surface area contributed by atoms with Crippen LogP contribution in [-0.2, 0) is 0 Å². The van der Waals surface area contributed by atoms with Crippen molar-refractivity contribution in [3.8, 4) is 55.6 Å². The van der Waals surface area contributed by atoms with Crippen LogP contribution in [0, 0.1) is 0 Å². The summed E-state index contributed by atoms with van der Waals surface area (Å²) in [7, 11) is 0. The van der Waals surface area contributed by atoms with E-state index in [0.29, 0.717) is 0 Å². The highest BCUT2D eigenvalue weighted by Crippen LogP contribution is 2.42. The Morgan fingerprint density at radius 1 is 0.173 bits per heavy atom. The highest BCUT2D eigenvalue weighted by Gasteiger charge is 2.15. The average molecular weight is 659 g/mol. The van der Waals surface area contributed by atoms with Crippen LogP contribution in [0.3, 0.4) is 0 Å². The maximum Gasteiger partial charge on any atom is -0.00987 e. The molecule has 10 rings (SSSR count). The van der Waals surface area contributed by atoms with Crippen molar-refractivity contribution in [1.29, 1.82) is 0 Å². The Labute approximate surface area is 303 Å². The molecule has 0 heteroatoms. The lowest BCUT2D eigenvalue weighted by Gasteiger charge is -2.16. The predicted molar refractivity (Wildman–Crippen MR) is 224 cm³/mol.